The standard InChI is InChI=1S/C6H8O7.Ag.Li.H/c7-3(8)1-6(13,5(11)12)2-4(9)10;;;/h13H,1-2H2,(H,7,8)(H,9,10)(H,11,12);;;. The molecule has 0 unspecified atom stereocenters. The molecule has 15 heavy (non-hydrogen) atoms. The Balaban J connectivity index is -0.000000720. The first-order valence-corrected chi connectivity index (χ1v) is 3.17. The van der Waals surface area contributed by atoms with E-state index >= 15 is 0 Å². The Kier molecular flexibility index (Phi) is 10.7. The molecule has 0 aliphatic heterocycles. The second kappa shape index (κ2) is 7.93. The number of hydrogen-bond acceptors (Lipinski definition) is 4. The summed E-state index contributed by atoms with van der Waals surface area (Å²) in [5.41, 5.74) is -2.74. The van der Waals surface area contributed by atoms with E-state index < -0.39 is 36.4 Å². The van der Waals surface area contributed by atoms with Crippen molar-refractivity contribution >= 4 is 36.8 Å². The molecule has 0 aliphatic rings. The quantitative estimate of drug-likeness (QED) is 0.436. The molecule has 1 radical (unpaired) electrons. The molecule has 0 atom stereocenters. The molecular weight excluding hydrogens is 299 g/mol. The predicted octanol–water partition coefficient (Wildman–Crippen LogP) is -1.90. The zero-order chi connectivity index (χ0) is 10.6. The minimum absolute atomic E-state index is 0. The molecule has 0 bridgehead atoms. The maximum atomic E-state index is 10.3. The van der Waals surface area contributed by atoms with Crippen molar-refractivity contribution in [3.05, 3.63) is 0 Å². The maximum absolute atomic E-state index is 10.3. The zero-order valence-electron chi connectivity index (χ0n) is 6.73. The molecule has 0 amide bonds. The van der Waals surface area contributed by atoms with Crippen LogP contribution in [0.3, 0.4) is 0 Å². The molecular formula is C6H9AgLiO7. The summed E-state index contributed by atoms with van der Waals surface area (Å²) < 4.78 is 0. The average molecular weight is 308 g/mol. The van der Waals surface area contributed by atoms with Crippen molar-refractivity contribution in [2.75, 3.05) is 0 Å². The van der Waals surface area contributed by atoms with E-state index in [9.17, 15) is 14.4 Å². The van der Waals surface area contributed by atoms with Gasteiger partial charge >= 0.3 is 36.8 Å². The van der Waals surface area contributed by atoms with Crippen molar-refractivity contribution in [2.45, 2.75) is 18.4 Å². The minimum atomic E-state index is -2.74. The van der Waals surface area contributed by atoms with Gasteiger partial charge in [-0.25, -0.2) is 4.79 Å². The SMILES string of the molecule is O=C(O)CC(O)(CC(=O)O)C(=O)O.[Ag].[LiH]. The third-order valence-corrected chi connectivity index (χ3v) is 1.29. The molecule has 0 aromatic rings. The molecule has 0 rings (SSSR count). The van der Waals surface area contributed by atoms with E-state index in [-0.39, 0.29) is 41.2 Å². The van der Waals surface area contributed by atoms with Crippen LogP contribution in [0.1, 0.15) is 12.8 Å². The van der Waals surface area contributed by atoms with Crippen LogP contribution in [-0.2, 0) is 36.8 Å². The van der Waals surface area contributed by atoms with Crippen LogP contribution in [0.2, 0.25) is 0 Å². The van der Waals surface area contributed by atoms with Crippen LogP contribution in [0.4, 0.5) is 0 Å². The zero-order valence-corrected chi connectivity index (χ0v) is 8.21. The van der Waals surface area contributed by atoms with Crippen molar-refractivity contribution in [2.24, 2.45) is 0 Å². The number of aliphatic hydroxyl groups is 1. The van der Waals surface area contributed by atoms with Crippen LogP contribution in [-0.4, -0.2) is 62.8 Å². The van der Waals surface area contributed by atoms with Gasteiger partial charge in [-0.15, -0.1) is 0 Å². The second-order valence-electron chi connectivity index (χ2n) is 2.48. The number of hydrogen-bond donors (Lipinski definition) is 4. The number of carbonyl (C=O) groups is 3. The van der Waals surface area contributed by atoms with Crippen molar-refractivity contribution in [3.8, 4) is 0 Å². The van der Waals surface area contributed by atoms with Crippen molar-refractivity contribution < 1.29 is 57.2 Å². The Hall–Kier alpha value is -0.292. The predicted molar refractivity (Wildman–Crippen MR) is 44.2 cm³/mol. The van der Waals surface area contributed by atoms with Gasteiger partial charge in [-0.3, -0.25) is 9.59 Å². The molecule has 7 nitrogen and oxygen atoms in total. The first-order valence-electron chi connectivity index (χ1n) is 3.17. The summed E-state index contributed by atoms with van der Waals surface area (Å²) in [6.07, 6.45) is -2.29. The van der Waals surface area contributed by atoms with Gasteiger partial charge in [-0.2, -0.15) is 0 Å². The molecule has 0 aromatic carbocycles. The molecule has 9 heteroatoms. The molecule has 0 aliphatic carbocycles. The van der Waals surface area contributed by atoms with E-state index in [1.54, 1.807) is 0 Å². The van der Waals surface area contributed by atoms with Gasteiger partial charge in [-0.05, 0) is 0 Å². The van der Waals surface area contributed by atoms with Gasteiger partial charge in [0.05, 0.1) is 12.8 Å². The Morgan fingerprint density at radius 1 is 0.933 bits per heavy atom. The molecule has 0 heterocycles. The van der Waals surface area contributed by atoms with Gasteiger partial charge in [0.15, 0.2) is 5.60 Å². The van der Waals surface area contributed by atoms with Gasteiger partial charge in [0.1, 0.15) is 0 Å². The number of aliphatic carboxylic acids is 3. The Morgan fingerprint density at radius 2 is 1.20 bits per heavy atom. The number of carboxylic acid groups (broad SMARTS) is 3. The molecule has 0 fully saturated rings. The van der Waals surface area contributed by atoms with E-state index in [0.29, 0.717) is 0 Å². The van der Waals surface area contributed by atoms with Gasteiger partial charge in [-0.1, -0.05) is 0 Å². The fourth-order valence-electron chi connectivity index (χ4n) is 0.714. The normalized spacial score (nSPS) is 9.40. The summed E-state index contributed by atoms with van der Waals surface area (Å²) in [6.45, 7) is 0. The third-order valence-electron chi connectivity index (χ3n) is 1.29. The fourth-order valence-corrected chi connectivity index (χ4v) is 0.714. The summed E-state index contributed by atoms with van der Waals surface area (Å²) in [5, 5.41) is 33.8. The molecule has 0 saturated heterocycles. The van der Waals surface area contributed by atoms with Crippen molar-refractivity contribution in [3.63, 3.8) is 0 Å². The van der Waals surface area contributed by atoms with Crippen LogP contribution in [0.25, 0.3) is 0 Å². The third kappa shape index (κ3) is 7.62. The number of carboxylic acids is 3. The van der Waals surface area contributed by atoms with Crippen LogP contribution in [0.15, 0.2) is 0 Å². The van der Waals surface area contributed by atoms with Crippen LogP contribution < -0.4 is 0 Å². The summed E-state index contributed by atoms with van der Waals surface area (Å²) in [6, 6.07) is 0. The van der Waals surface area contributed by atoms with E-state index in [0.717, 1.165) is 0 Å². The Labute approximate surface area is 112 Å². The summed E-state index contributed by atoms with van der Waals surface area (Å²) in [4.78, 5) is 30.5. The van der Waals surface area contributed by atoms with Crippen LogP contribution >= 0.6 is 0 Å². The van der Waals surface area contributed by atoms with E-state index in [2.05, 4.69) is 0 Å². The fraction of sp³-hybridized carbons (Fsp3) is 0.500. The summed E-state index contributed by atoms with van der Waals surface area (Å²) in [7, 11) is 0. The van der Waals surface area contributed by atoms with E-state index in [4.69, 9.17) is 20.4 Å². The van der Waals surface area contributed by atoms with Gasteiger partial charge in [0.25, 0.3) is 0 Å². The van der Waals surface area contributed by atoms with Crippen LogP contribution in [0.5, 0.6) is 0 Å². The van der Waals surface area contributed by atoms with E-state index in [1.165, 1.54) is 0 Å². The number of rotatable bonds is 5. The molecule has 0 spiro atoms. The topological polar surface area (TPSA) is 132 Å². The molecule has 4 N–H and O–H groups in total. The second-order valence-corrected chi connectivity index (χ2v) is 2.48. The van der Waals surface area contributed by atoms with Gasteiger partial charge < -0.3 is 20.4 Å². The summed E-state index contributed by atoms with van der Waals surface area (Å²) >= 11 is 0. The van der Waals surface area contributed by atoms with Crippen molar-refractivity contribution in [1.29, 1.82) is 0 Å². The monoisotopic (exact) mass is 307 g/mol. The van der Waals surface area contributed by atoms with Crippen molar-refractivity contribution in [1.82, 2.24) is 0 Å². The summed E-state index contributed by atoms with van der Waals surface area (Å²) in [5.74, 6) is -5.02. The average Bonchev–Trinajstić information content (AvgIpc) is 1.82. The Morgan fingerprint density at radius 3 is 1.33 bits per heavy atom. The van der Waals surface area contributed by atoms with E-state index in [1.807, 2.05) is 0 Å². The first-order chi connectivity index (χ1) is 5.78. The molecule has 87 valence electrons. The van der Waals surface area contributed by atoms with Gasteiger partial charge in [0, 0.05) is 22.4 Å². The Bertz CT molecular complexity index is 238. The molecule has 0 aromatic heterocycles. The van der Waals surface area contributed by atoms with Crippen LogP contribution in [0, 0.1) is 0 Å². The molecule has 0 saturated carbocycles. The first kappa shape index (κ1) is 20.2. The van der Waals surface area contributed by atoms with Gasteiger partial charge in [0.2, 0.25) is 0 Å².